The van der Waals surface area contributed by atoms with Gasteiger partial charge >= 0.3 is 0 Å². The van der Waals surface area contributed by atoms with Gasteiger partial charge < -0.3 is 15.2 Å². The highest BCUT2D eigenvalue weighted by Gasteiger charge is 2.37. The number of nitrogens with one attached hydrogen (secondary N) is 1. The van der Waals surface area contributed by atoms with Crippen molar-refractivity contribution in [2.45, 2.75) is 22.5 Å². The zero-order valence-electron chi connectivity index (χ0n) is 11.6. The number of rotatable bonds is 5. The lowest BCUT2D eigenvalue weighted by Crippen LogP contribution is -2.46. The number of aliphatic hydroxyl groups is 1. The maximum atomic E-state index is 11.7. The van der Waals surface area contributed by atoms with Crippen molar-refractivity contribution in [3.05, 3.63) is 48.0 Å². The van der Waals surface area contributed by atoms with Gasteiger partial charge in [0.2, 0.25) is 0 Å². The molecule has 1 aromatic rings. The summed E-state index contributed by atoms with van der Waals surface area (Å²) in [5.41, 5.74) is 1.03. The molecule has 0 unspecified atom stereocenters. The monoisotopic (exact) mass is 363 g/mol. The molecule has 0 radical (unpaired) electrons. The van der Waals surface area contributed by atoms with Crippen molar-refractivity contribution in [2.75, 3.05) is 6.61 Å². The summed E-state index contributed by atoms with van der Waals surface area (Å²) in [5.74, 6) is -1.05. The van der Waals surface area contributed by atoms with Crippen LogP contribution in [-0.2, 0) is 16.1 Å². The van der Waals surface area contributed by atoms with Gasteiger partial charge in [0.05, 0.1) is 25.4 Å². The molecule has 0 saturated heterocycles. The first-order valence-electron chi connectivity index (χ1n) is 6.73. The van der Waals surface area contributed by atoms with Crippen molar-refractivity contribution in [3.63, 3.8) is 0 Å². The summed E-state index contributed by atoms with van der Waals surface area (Å²) in [6, 6.07) is 9.24. The van der Waals surface area contributed by atoms with Crippen LogP contribution in [0.2, 0.25) is 0 Å². The second-order valence-electron chi connectivity index (χ2n) is 5.04. The standard InChI is InChI=1S/C15H16Cl3NO3/c16-15(17,18)14(21)19-12-6-7-13(20)11(12)9-22-8-10-4-2-1-3-5-10/h1-7,11-13,20H,8-9H2,(H,19,21)/t11-,12+,13-/m0/s1. The summed E-state index contributed by atoms with van der Waals surface area (Å²) in [6.07, 6.45) is 2.56. The normalized spacial score (nSPS) is 24.5. The lowest BCUT2D eigenvalue weighted by atomic mass is 10.0. The van der Waals surface area contributed by atoms with Crippen molar-refractivity contribution in [1.82, 2.24) is 5.32 Å². The van der Waals surface area contributed by atoms with Gasteiger partial charge in [0.1, 0.15) is 0 Å². The van der Waals surface area contributed by atoms with E-state index in [-0.39, 0.29) is 12.5 Å². The molecule has 22 heavy (non-hydrogen) atoms. The Morgan fingerprint density at radius 3 is 2.55 bits per heavy atom. The van der Waals surface area contributed by atoms with E-state index in [2.05, 4.69) is 5.32 Å². The van der Waals surface area contributed by atoms with E-state index in [9.17, 15) is 9.90 Å². The molecule has 1 aliphatic carbocycles. The van der Waals surface area contributed by atoms with E-state index in [0.29, 0.717) is 6.61 Å². The third kappa shape index (κ3) is 4.86. The van der Waals surface area contributed by atoms with Crippen LogP contribution in [0.4, 0.5) is 0 Å². The van der Waals surface area contributed by atoms with Gasteiger partial charge in [0, 0.05) is 5.92 Å². The summed E-state index contributed by atoms with van der Waals surface area (Å²) < 4.78 is 3.59. The zero-order valence-corrected chi connectivity index (χ0v) is 13.9. The van der Waals surface area contributed by atoms with Crippen LogP contribution in [0.1, 0.15) is 5.56 Å². The number of aliphatic hydroxyl groups excluding tert-OH is 1. The highest BCUT2D eigenvalue weighted by atomic mass is 35.6. The van der Waals surface area contributed by atoms with Gasteiger partial charge in [-0.3, -0.25) is 4.79 Å². The summed E-state index contributed by atoms with van der Waals surface area (Å²) in [7, 11) is 0. The zero-order chi connectivity index (χ0) is 16.2. The van der Waals surface area contributed by atoms with Crippen LogP contribution in [0, 0.1) is 5.92 Å². The number of benzene rings is 1. The molecule has 120 valence electrons. The largest absolute Gasteiger partial charge is 0.389 e. The van der Waals surface area contributed by atoms with E-state index >= 15 is 0 Å². The number of amides is 1. The first-order chi connectivity index (χ1) is 10.4. The van der Waals surface area contributed by atoms with E-state index in [1.165, 1.54) is 0 Å². The molecule has 2 N–H and O–H groups in total. The Morgan fingerprint density at radius 1 is 1.23 bits per heavy atom. The third-order valence-corrected chi connectivity index (χ3v) is 3.91. The molecule has 2 rings (SSSR count). The number of ether oxygens (including phenoxy) is 1. The van der Waals surface area contributed by atoms with E-state index in [1.807, 2.05) is 30.3 Å². The molecule has 0 heterocycles. The van der Waals surface area contributed by atoms with Crippen molar-refractivity contribution in [2.24, 2.45) is 5.92 Å². The highest BCUT2D eigenvalue weighted by molar-refractivity contribution is 6.76. The molecule has 0 bridgehead atoms. The molecule has 4 nitrogen and oxygen atoms in total. The van der Waals surface area contributed by atoms with Crippen LogP contribution in [-0.4, -0.2) is 33.6 Å². The van der Waals surface area contributed by atoms with Gasteiger partial charge in [0.15, 0.2) is 0 Å². The Balaban J connectivity index is 1.87. The second kappa shape index (κ2) is 7.66. The van der Waals surface area contributed by atoms with Gasteiger partial charge in [-0.1, -0.05) is 77.3 Å². The Hall–Kier alpha value is -0.780. The Labute approximate surface area is 144 Å². The van der Waals surface area contributed by atoms with Gasteiger partial charge in [-0.25, -0.2) is 0 Å². The minimum atomic E-state index is -2.03. The fourth-order valence-electron chi connectivity index (χ4n) is 2.21. The molecule has 0 aliphatic heterocycles. The van der Waals surface area contributed by atoms with Crippen LogP contribution in [0.3, 0.4) is 0 Å². The number of hydrogen-bond donors (Lipinski definition) is 2. The minimum Gasteiger partial charge on any atom is -0.389 e. The second-order valence-corrected chi connectivity index (χ2v) is 7.32. The molecule has 3 atom stereocenters. The maximum Gasteiger partial charge on any atom is 0.272 e. The third-order valence-electron chi connectivity index (χ3n) is 3.39. The van der Waals surface area contributed by atoms with E-state index in [1.54, 1.807) is 12.2 Å². The highest BCUT2D eigenvalue weighted by Crippen LogP contribution is 2.28. The average molecular weight is 365 g/mol. The van der Waals surface area contributed by atoms with Crippen LogP contribution in [0.25, 0.3) is 0 Å². The molecular weight excluding hydrogens is 349 g/mol. The van der Waals surface area contributed by atoms with Crippen molar-refractivity contribution >= 4 is 40.7 Å². The quantitative estimate of drug-likeness (QED) is 0.624. The van der Waals surface area contributed by atoms with Gasteiger partial charge in [-0.05, 0) is 5.56 Å². The lowest BCUT2D eigenvalue weighted by molar-refractivity contribution is -0.121. The molecular formula is C15H16Cl3NO3. The Morgan fingerprint density at radius 2 is 1.91 bits per heavy atom. The van der Waals surface area contributed by atoms with Gasteiger partial charge in [-0.15, -0.1) is 0 Å². The summed E-state index contributed by atoms with van der Waals surface area (Å²) in [4.78, 5) is 11.7. The van der Waals surface area contributed by atoms with Gasteiger partial charge in [0.25, 0.3) is 9.70 Å². The van der Waals surface area contributed by atoms with Crippen molar-refractivity contribution < 1.29 is 14.6 Å². The first-order valence-corrected chi connectivity index (χ1v) is 7.87. The Bertz CT molecular complexity index is 531. The van der Waals surface area contributed by atoms with Crippen molar-refractivity contribution in [3.8, 4) is 0 Å². The molecule has 1 amide bonds. The Kier molecular flexibility index (Phi) is 6.12. The average Bonchev–Trinajstić information content (AvgIpc) is 2.80. The van der Waals surface area contributed by atoms with Crippen molar-refractivity contribution in [1.29, 1.82) is 0 Å². The van der Waals surface area contributed by atoms with Crippen LogP contribution in [0.15, 0.2) is 42.5 Å². The van der Waals surface area contributed by atoms with Crippen LogP contribution >= 0.6 is 34.8 Å². The summed E-state index contributed by atoms with van der Waals surface area (Å²) in [6.45, 7) is 0.697. The lowest BCUT2D eigenvalue weighted by Gasteiger charge is -2.24. The fraction of sp³-hybridized carbons (Fsp3) is 0.400. The van der Waals surface area contributed by atoms with E-state index < -0.39 is 21.8 Å². The SMILES string of the molecule is O=C(N[C@@H]1C=C[C@H](O)[C@H]1COCc1ccccc1)C(Cl)(Cl)Cl. The molecule has 0 spiro atoms. The van der Waals surface area contributed by atoms with E-state index in [0.717, 1.165) is 5.56 Å². The summed E-state index contributed by atoms with van der Waals surface area (Å²) >= 11 is 16.6. The van der Waals surface area contributed by atoms with Gasteiger partial charge in [-0.2, -0.15) is 0 Å². The predicted molar refractivity (Wildman–Crippen MR) is 87.0 cm³/mol. The van der Waals surface area contributed by atoms with E-state index in [4.69, 9.17) is 39.5 Å². The number of alkyl halides is 3. The molecule has 7 heteroatoms. The van der Waals surface area contributed by atoms with Crippen LogP contribution < -0.4 is 5.32 Å². The predicted octanol–water partition coefficient (Wildman–Crippen LogP) is 2.61. The molecule has 0 aromatic heterocycles. The number of carbonyl (C=O) groups excluding carboxylic acids is 1. The topological polar surface area (TPSA) is 58.6 Å². The fourth-order valence-corrected chi connectivity index (χ4v) is 2.37. The molecule has 0 saturated carbocycles. The molecule has 1 aliphatic rings. The first kappa shape index (κ1) is 17.6. The minimum absolute atomic E-state index is 0.272. The molecule has 0 fully saturated rings. The maximum absolute atomic E-state index is 11.7. The number of carbonyl (C=O) groups is 1. The van der Waals surface area contributed by atoms with Crippen LogP contribution in [0.5, 0.6) is 0 Å². The smallest absolute Gasteiger partial charge is 0.272 e. The number of halogens is 3. The summed E-state index contributed by atoms with van der Waals surface area (Å²) in [5, 5.41) is 12.5. The molecule has 1 aromatic carbocycles. The number of hydrogen-bond acceptors (Lipinski definition) is 3.